The van der Waals surface area contributed by atoms with Crippen LogP contribution in [0, 0.1) is 0 Å². The van der Waals surface area contributed by atoms with Crippen LogP contribution in [0.3, 0.4) is 0 Å². The summed E-state index contributed by atoms with van der Waals surface area (Å²) in [6, 6.07) is 19.0. The van der Waals surface area contributed by atoms with E-state index in [0.29, 0.717) is 35.3 Å². The Bertz CT molecular complexity index is 896. The molecular weight excluding hydrogens is 357 g/mol. The molecule has 1 N–H and O–H groups in total. The first kappa shape index (κ1) is 17.7. The number of ether oxygens (including phenoxy) is 1. The van der Waals surface area contributed by atoms with Crippen molar-refractivity contribution in [1.29, 1.82) is 0 Å². The first-order chi connectivity index (χ1) is 12.1. The molecule has 0 aliphatic heterocycles. The Hall–Kier alpha value is -2.07. The highest BCUT2D eigenvalue weighted by Crippen LogP contribution is 2.22. The van der Waals surface area contributed by atoms with Gasteiger partial charge in [0.2, 0.25) is 0 Å². The van der Waals surface area contributed by atoms with Crippen LogP contribution in [0.2, 0.25) is 10.0 Å². The lowest BCUT2D eigenvalue weighted by atomic mass is 10.1. The summed E-state index contributed by atoms with van der Waals surface area (Å²) in [4.78, 5) is 12.1. The van der Waals surface area contributed by atoms with E-state index in [1.165, 1.54) is 0 Å². The zero-order chi connectivity index (χ0) is 17.6. The standard InChI is InChI=1S/C20H17Cl2NO2/c21-18-8-5-14(11-19(18)22)13-23-9-10-25-20(24)17-7-6-15-3-1-2-4-16(15)12-17/h1-8,11-12,23H,9-10,13H2. The van der Waals surface area contributed by atoms with Crippen molar-refractivity contribution >= 4 is 39.9 Å². The molecule has 0 heterocycles. The average molecular weight is 374 g/mol. The van der Waals surface area contributed by atoms with Crippen LogP contribution in [0.25, 0.3) is 10.8 Å². The molecule has 0 radical (unpaired) electrons. The maximum Gasteiger partial charge on any atom is 0.338 e. The summed E-state index contributed by atoms with van der Waals surface area (Å²) in [6.45, 7) is 1.48. The van der Waals surface area contributed by atoms with Crippen LogP contribution >= 0.6 is 23.2 Å². The SMILES string of the molecule is O=C(OCCNCc1ccc(Cl)c(Cl)c1)c1ccc2ccccc2c1. The topological polar surface area (TPSA) is 38.3 Å². The molecule has 0 atom stereocenters. The summed E-state index contributed by atoms with van der Waals surface area (Å²) in [5.41, 5.74) is 1.58. The molecule has 0 fully saturated rings. The minimum absolute atomic E-state index is 0.299. The summed E-state index contributed by atoms with van der Waals surface area (Å²) >= 11 is 11.9. The van der Waals surface area contributed by atoms with E-state index in [1.807, 2.05) is 48.5 Å². The third-order valence-electron chi connectivity index (χ3n) is 3.81. The summed E-state index contributed by atoms with van der Waals surface area (Å²) in [6.07, 6.45) is 0. The molecule has 3 aromatic rings. The van der Waals surface area contributed by atoms with Crippen molar-refractivity contribution in [3.05, 3.63) is 81.8 Å². The monoisotopic (exact) mass is 373 g/mol. The summed E-state index contributed by atoms with van der Waals surface area (Å²) < 4.78 is 5.31. The minimum atomic E-state index is -0.318. The maximum atomic E-state index is 12.1. The van der Waals surface area contributed by atoms with Gasteiger partial charge in [-0.05, 0) is 40.6 Å². The fraction of sp³-hybridized carbons (Fsp3) is 0.150. The van der Waals surface area contributed by atoms with Gasteiger partial charge in [-0.15, -0.1) is 0 Å². The molecule has 3 nitrogen and oxygen atoms in total. The highest BCUT2D eigenvalue weighted by atomic mass is 35.5. The zero-order valence-corrected chi connectivity index (χ0v) is 15.0. The van der Waals surface area contributed by atoms with Crippen molar-refractivity contribution in [3.8, 4) is 0 Å². The van der Waals surface area contributed by atoms with Gasteiger partial charge in [-0.1, -0.05) is 59.6 Å². The largest absolute Gasteiger partial charge is 0.461 e. The molecule has 0 aromatic heterocycles. The average Bonchev–Trinajstić information content (AvgIpc) is 2.63. The van der Waals surface area contributed by atoms with Crippen molar-refractivity contribution in [2.45, 2.75) is 6.54 Å². The van der Waals surface area contributed by atoms with E-state index in [-0.39, 0.29) is 5.97 Å². The van der Waals surface area contributed by atoms with Gasteiger partial charge in [0.25, 0.3) is 0 Å². The van der Waals surface area contributed by atoms with Crippen LogP contribution in [0.1, 0.15) is 15.9 Å². The van der Waals surface area contributed by atoms with E-state index in [0.717, 1.165) is 16.3 Å². The number of carbonyl (C=O) groups excluding carboxylic acids is 1. The van der Waals surface area contributed by atoms with Crippen molar-refractivity contribution in [2.24, 2.45) is 0 Å². The van der Waals surface area contributed by atoms with Gasteiger partial charge in [0.1, 0.15) is 6.61 Å². The van der Waals surface area contributed by atoms with E-state index >= 15 is 0 Å². The second-order valence-electron chi connectivity index (χ2n) is 5.62. The molecule has 0 aliphatic rings. The van der Waals surface area contributed by atoms with Crippen LogP contribution in [-0.4, -0.2) is 19.1 Å². The van der Waals surface area contributed by atoms with Gasteiger partial charge in [-0.3, -0.25) is 0 Å². The van der Waals surface area contributed by atoms with E-state index in [2.05, 4.69) is 5.32 Å². The predicted octanol–water partition coefficient (Wildman–Crippen LogP) is 5.09. The molecule has 3 aromatic carbocycles. The number of benzene rings is 3. The summed E-state index contributed by atoms with van der Waals surface area (Å²) in [5.74, 6) is -0.318. The molecule has 25 heavy (non-hydrogen) atoms. The maximum absolute atomic E-state index is 12.1. The van der Waals surface area contributed by atoms with E-state index in [9.17, 15) is 4.79 Å². The molecule has 0 spiro atoms. The van der Waals surface area contributed by atoms with Gasteiger partial charge in [-0.25, -0.2) is 4.79 Å². The molecule has 0 aliphatic carbocycles. The molecular formula is C20H17Cl2NO2. The summed E-state index contributed by atoms with van der Waals surface area (Å²) in [7, 11) is 0. The predicted molar refractivity (Wildman–Crippen MR) is 102 cm³/mol. The van der Waals surface area contributed by atoms with Gasteiger partial charge in [0.15, 0.2) is 0 Å². The quantitative estimate of drug-likeness (QED) is 0.482. The van der Waals surface area contributed by atoms with Crippen LogP contribution < -0.4 is 5.32 Å². The Morgan fingerprint density at radius 2 is 1.72 bits per heavy atom. The third kappa shape index (κ3) is 4.73. The Balaban J connectivity index is 1.46. The molecule has 0 amide bonds. The number of nitrogens with one attached hydrogen (secondary N) is 1. The number of halogens is 2. The highest BCUT2D eigenvalue weighted by molar-refractivity contribution is 6.42. The van der Waals surface area contributed by atoms with Crippen LogP contribution in [-0.2, 0) is 11.3 Å². The minimum Gasteiger partial charge on any atom is -0.461 e. The molecule has 0 bridgehead atoms. The Morgan fingerprint density at radius 1 is 0.920 bits per heavy atom. The van der Waals surface area contributed by atoms with Crippen molar-refractivity contribution in [3.63, 3.8) is 0 Å². The van der Waals surface area contributed by atoms with Gasteiger partial charge in [0.05, 0.1) is 15.6 Å². The number of fused-ring (bicyclic) bond motifs is 1. The third-order valence-corrected chi connectivity index (χ3v) is 4.55. The van der Waals surface area contributed by atoms with Gasteiger partial charge in [-0.2, -0.15) is 0 Å². The highest BCUT2D eigenvalue weighted by Gasteiger charge is 2.07. The van der Waals surface area contributed by atoms with Gasteiger partial charge < -0.3 is 10.1 Å². The molecule has 0 unspecified atom stereocenters. The Labute approximate surface area is 156 Å². The molecule has 5 heteroatoms. The normalized spacial score (nSPS) is 10.8. The Morgan fingerprint density at radius 3 is 2.52 bits per heavy atom. The van der Waals surface area contributed by atoms with Gasteiger partial charge >= 0.3 is 5.97 Å². The van der Waals surface area contributed by atoms with E-state index in [1.54, 1.807) is 12.1 Å². The van der Waals surface area contributed by atoms with Crippen LogP contribution in [0.4, 0.5) is 0 Å². The lowest BCUT2D eigenvalue weighted by molar-refractivity contribution is 0.0508. The molecule has 3 rings (SSSR count). The fourth-order valence-electron chi connectivity index (χ4n) is 2.50. The zero-order valence-electron chi connectivity index (χ0n) is 13.5. The number of rotatable bonds is 6. The second-order valence-corrected chi connectivity index (χ2v) is 6.44. The Kier molecular flexibility index (Phi) is 5.92. The number of carbonyl (C=O) groups is 1. The van der Waals surface area contributed by atoms with E-state index in [4.69, 9.17) is 27.9 Å². The number of esters is 1. The van der Waals surface area contributed by atoms with Crippen molar-refractivity contribution < 1.29 is 9.53 Å². The first-order valence-electron chi connectivity index (χ1n) is 7.94. The van der Waals surface area contributed by atoms with Crippen LogP contribution in [0.15, 0.2) is 60.7 Å². The smallest absolute Gasteiger partial charge is 0.338 e. The summed E-state index contributed by atoms with van der Waals surface area (Å²) in [5, 5.41) is 6.40. The second kappa shape index (κ2) is 8.34. The lowest BCUT2D eigenvalue weighted by Gasteiger charge is -2.08. The van der Waals surface area contributed by atoms with E-state index < -0.39 is 0 Å². The molecule has 128 valence electrons. The lowest BCUT2D eigenvalue weighted by Crippen LogP contribution is -2.21. The molecule has 0 saturated heterocycles. The molecule has 0 saturated carbocycles. The number of hydrogen-bond donors (Lipinski definition) is 1. The number of hydrogen-bond acceptors (Lipinski definition) is 3. The first-order valence-corrected chi connectivity index (χ1v) is 8.69. The van der Waals surface area contributed by atoms with Crippen LogP contribution in [0.5, 0.6) is 0 Å². The van der Waals surface area contributed by atoms with Crippen molar-refractivity contribution in [2.75, 3.05) is 13.2 Å². The van der Waals surface area contributed by atoms with Crippen molar-refractivity contribution in [1.82, 2.24) is 5.32 Å². The van der Waals surface area contributed by atoms with Gasteiger partial charge in [0, 0.05) is 13.1 Å². The fourth-order valence-corrected chi connectivity index (χ4v) is 2.82.